The van der Waals surface area contributed by atoms with Crippen molar-refractivity contribution in [3.8, 4) is 11.4 Å². The number of aryl methyl sites for hydroxylation is 1. The van der Waals surface area contributed by atoms with Crippen molar-refractivity contribution < 1.29 is 8.42 Å². The van der Waals surface area contributed by atoms with Gasteiger partial charge in [-0.2, -0.15) is 4.80 Å². The van der Waals surface area contributed by atoms with Gasteiger partial charge in [0.1, 0.15) is 0 Å². The number of hydrogen-bond acceptors (Lipinski definition) is 6. The van der Waals surface area contributed by atoms with Crippen LogP contribution in [-0.4, -0.2) is 41.7 Å². The van der Waals surface area contributed by atoms with E-state index in [0.717, 1.165) is 29.7 Å². The fourth-order valence-electron chi connectivity index (χ4n) is 3.94. The topological polar surface area (TPSA) is 102 Å². The van der Waals surface area contributed by atoms with Crippen LogP contribution in [0.15, 0.2) is 47.4 Å². The first kappa shape index (κ1) is 21.5. The van der Waals surface area contributed by atoms with Gasteiger partial charge in [0.2, 0.25) is 15.8 Å². The Balaban J connectivity index is 1.68. The van der Waals surface area contributed by atoms with Gasteiger partial charge in [-0.3, -0.25) is 0 Å². The molecule has 4 rings (SSSR count). The van der Waals surface area contributed by atoms with Crippen molar-refractivity contribution in [2.45, 2.75) is 56.5 Å². The molecule has 2 N–H and O–H groups in total. The molecule has 8 nitrogen and oxygen atoms in total. The second-order valence-electron chi connectivity index (χ2n) is 7.96. The molecule has 9 heteroatoms. The highest BCUT2D eigenvalue weighted by Crippen LogP contribution is 2.31. The van der Waals surface area contributed by atoms with Crippen molar-refractivity contribution >= 4 is 15.7 Å². The zero-order chi connectivity index (χ0) is 21.8. The van der Waals surface area contributed by atoms with E-state index in [4.69, 9.17) is 0 Å². The van der Waals surface area contributed by atoms with Crippen molar-refractivity contribution in [2.75, 3.05) is 12.4 Å². The van der Waals surface area contributed by atoms with Gasteiger partial charge in [0.15, 0.2) is 0 Å². The maximum atomic E-state index is 12.4. The molecule has 0 unspecified atom stereocenters. The third-order valence-electron chi connectivity index (χ3n) is 5.80. The number of rotatable bonds is 7. The van der Waals surface area contributed by atoms with Crippen LogP contribution in [0.1, 0.15) is 43.2 Å². The number of tetrazole rings is 1. The lowest BCUT2D eigenvalue weighted by molar-refractivity contribution is 0.463. The molecular formula is C22H28N6O2S. The summed E-state index contributed by atoms with van der Waals surface area (Å²) in [6, 6.07) is 13.5. The van der Waals surface area contributed by atoms with Crippen molar-refractivity contribution in [3.63, 3.8) is 0 Å². The highest BCUT2D eigenvalue weighted by Gasteiger charge is 2.21. The van der Waals surface area contributed by atoms with Crippen LogP contribution in [0, 0.1) is 6.92 Å². The molecule has 164 valence electrons. The molecule has 1 aliphatic carbocycles. The Bertz CT molecular complexity index is 1150. The molecule has 1 aromatic heterocycles. The average molecular weight is 441 g/mol. The minimum atomic E-state index is -3.59. The monoisotopic (exact) mass is 440 g/mol. The summed E-state index contributed by atoms with van der Waals surface area (Å²) in [5.41, 5.74) is 3.73. The summed E-state index contributed by atoms with van der Waals surface area (Å²) in [6.07, 6.45) is 5.86. The molecule has 0 atom stereocenters. The highest BCUT2D eigenvalue weighted by molar-refractivity contribution is 7.89. The van der Waals surface area contributed by atoms with Crippen molar-refractivity contribution in [1.29, 1.82) is 0 Å². The lowest BCUT2D eigenvalue weighted by Gasteiger charge is -2.25. The van der Waals surface area contributed by atoms with Crippen LogP contribution in [0.3, 0.4) is 0 Å². The van der Waals surface area contributed by atoms with Crippen LogP contribution < -0.4 is 10.0 Å². The summed E-state index contributed by atoms with van der Waals surface area (Å²) in [5, 5.41) is 16.6. The largest absolute Gasteiger partial charge is 0.382 e. The van der Waals surface area contributed by atoms with Crippen LogP contribution in [0.25, 0.3) is 11.4 Å². The summed E-state index contributed by atoms with van der Waals surface area (Å²) >= 11 is 0. The Morgan fingerprint density at radius 3 is 2.61 bits per heavy atom. The van der Waals surface area contributed by atoms with Crippen LogP contribution in [0.5, 0.6) is 0 Å². The maximum absolute atomic E-state index is 12.4. The molecule has 2 aromatic carbocycles. The molecule has 1 fully saturated rings. The highest BCUT2D eigenvalue weighted by atomic mass is 32.2. The third-order valence-corrected chi connectivity index (χ3v) is 7.21. The Kier molecular flexibility index (Phi) is 6.33. The number of anilines is 1. The lowest BCUT2D eigenvalue weighted by Crippen LogP contribution is -2.23. The molecule has 1 aliphatic rings. The van der Waals surface area contributed by atoms with E-state index in [-0.39, 0.29) is 4.90 Å². The van der Waals surface area contributed by atoms with Crippen LogP contribution in [0.4, 0.5) is 5.69 Å². The number of nitrogens with zero attached hydrogens (tertiary/aromatic N) is 4. The summed E-state index contributed by atoms with van der Waals surface area (Å²) in [6.45, 7) is 2.55. The third kappa shape index (κ3) is 4.94. The first-order valence-electron chi connectivity index (χ1n) is 10.6. The van der Waals surface area contributed by atoms with E-state index in [1.54, 1.807) is 23.0 Å². The van der Waals surface area contributed by atoms with E-state index in [1.165, 1.54) is 26.3 Å². The molecule has 0 aliphatic heterocycles. The predicted octanol–water partition coefficient (Wildman–Crippen LogP) is 3.35. The molecule has 31 heavy (non-hydrogen) atoms. The first-order chi connectivity index (χ1) is 15.0. The Labute approximate surface area is 183 Å². The van der Waals surface area contributed by atoms with Gasteiger partial charge in [0.25, 0.3) is 0 Å². The van der Waals surface area contributed by atoms with Gasteiger partial charge >= 0.3 is 0 Å². The van der Waals surface area contributed by atoms with Crippen LogP contribution in [0.2, 0.25) is 0 Å². The van der Waals surface area contributed by atoms with E-state index in [9.17, 15) is 8.42 Å². The van der Waals surface area contributed by atoms with Gasteiger partial charge in [-0.05, 0) is 61.4 Å². The molecule has 0 spiro atoms. The molecule has 0 radical (unpaired) electrons. The summed E-state index contributed by atoms with van der Waals surface area (Å²) in [4.78, 5) is 1.72. The van der Waals surface area contributed by atoms with E-state index < -0.39 is 10.0 Å². The van der Waals surface area contributed by atoms with E-state index >= 15 is 0 Å². The zero-order valence-corrected chi connectivity index (χ0v) is 18.7. The standard InChI is InChI=1S/C22H28N6O2S/c1-16-8-6-7-9-17(16)15-28-26-22(25-27-28)20-14-19(31(29,30)23-2)12-13-21(20)24-18-10-4-3-5-11-18/h6-9,12-14,18,23-24H,3-5,10-11,15H2,1-2H3. The fourth-order valence-corrected chi connectivity index (χ4v) is 4.70. The number of benzene rings is 2. The normalized spacial score (nSPS) is 15.2. The molecule has 1 heterocycles. The van der Waals surface area contributed by atoms with Gasteiger partial charge in [0.05, 0.1) is 11.4 Å². The SMILES string of the molecule is CNS(=O)(=O)c1ccc(NC2CCCCC2)c(-c2nnn(Cc3ccccc3C)n2)c1. The summed E-state index contributed by atoms with van der Waals surface area (Å²) in [7, 11) is -2.18. The maximum Gasteiger partial charge on any atom is 0.240 e. The van der Waals surface area contributed by atoms with Gasteiger partial charge in [-0.1, -0.05) is 43.5 Å². The van der Waals surface area contributed by atoms with E-state index in [1.807, 2.05) is 31.2 Å². The minimum absolute atomic E-state index is 0.175. The molecular weight excluding hydrogens is 412 g/mol. The van der Waals surface area contributed by atoms with Crippen molar-refractivity contribution in [2.24, 2.45) is 0 Å². The number of nitrogens with one attached hydrogen (secondary N) is 2. The van der Waals surface area contributed by atoms with Gasteiger partial charge < -0.3 is 5.32 Å². The van der Waals surface area contributed by atoms with Crippen LogP contribution >= 0.6 is 0 Å². The molecule has 3 aromatic rings. The Morgan fingerprint density at radius 1 is 1.10 bits per heavy atom. The molecule has 0 amide bonds. The smallest absolute Gasteiger partial charge is 0.240 e. The Morgan fingerprint density at radius 2 is 1.87 bits per heavy atom. The van der Waals surface area contributed by atoms with E-state index in [0.29, 0.717) is 24.0 Å². The number of sulfonamides is 1. The average Bonchev–Trinajstić information content (AvgIpc) is 3.24. The summed E-state index contributed by atoms with van der Waals surface area (Å²) < 4.78 is 27.1. The van der Waals surface area contributed by atoms with Crippen molar-refractivity contribution in [3.05, 3.63) is 53.6 Å². The molecule has 0 saturated heterocycles. The van der Waals surface area contributed by atoms with Gasteiger partial charge in [-0.15, -0.1) is 10.2 Å². The molecule has 1 saturated carbocycles. The number of hydrogen-bond donors (Lipinski definition) is 2. The van der Waals surface area contributed by atoms with Gasteiger partial charge in [0, 0.05) is 17.3 Å². The fraction of sp³-hybridized carbons (Fsp3) is 0.409. The summed E-state index contributed by atoms with van der Waals surface area (Å²) in [5.74, 6) is 0.403. The second kappa shape index (κ2) is 9.15. The zero-order valence-electron chi connectivity index (χ0n) is 17.9. The van der Waals surface area contributed by atoms with Crippen LogP contribution in [-0.2, 0) is 16.6 Å². The minimum Gasteiger partial charge on any atom is -0.382 e. The Hall–Kier alpha value is -2.78. The second-order valence-corrected chi connectivity index (χ2v) is 9.85. The number of aromatic nitrogens is 4. The first-order valence-corrected chi connectivity index (χ1v) is 12.1. The predicted molar refractivity (Wildman–Crippen MR) is 120 cm³/mol. The van der Waals surface area contributed by atoms with E-state index in [2.05, 4.69) is 25.4 Å². The molecule has 0 bridgehead atoms. The van der Waals surface area contributed by atoms with Gasteiger partial charge in [-0.25, -0.2) is 13.1 Å². The van der Waals surface area contributed by atoms with Crippen molar-refractivity contribution in [1.82, 2.24) is 24.9 Å². The lowest BCUT2D eigenvalue weighted by atomic mass is 9.95. The quantitative estimate of drug-likeness (QED) is 0.584.